The van der Waals surface area contributed by atoms with Gasteiger partial charge in [0, 0.05) is 11.8 Å². The summed E-state index contributed by atoms with van der Waals surface area (Å²) in [6.45, 7) is 8.69. The normalized spacial score (nSPS) is 11.3. The van der Waals surface area contributed by atoms with E-state index in [1.165, 1.54) is 0 Å². The second-order valence-electron chi connectivity index (χ2n) is 5.70. The highest BCUT2D eigenvalue weighted by atomic mass is 32.1. The van der Waals surface area contributed by atoms with Gasteiger partial charge in [0.1, 0.15) is 24.7 Å². The number of nitrogens with one attached hydrogen (secondary N) is 2. The van der Waals surface area contributed by atoms with Crippen molar-refractivity contribution in [3.63, 3.8) is 0 Å². The number of hydrogen-bond acceptors (Lipinski definition) is 3. The molecule has 0 amide bonds. The van der Waals surface area contributed by atoms with Gasteiger partial charge in [0.05, 0.1) is 6.04 Å². The molecule has 5 heteroatoms. The summed E-state index contributed by atoms with van der Waals surface area (Å²) in [5.41, 5.74) is 1.98. The van der Waals surface area contributed by atoms with E-state index < -0.39 is 0 Å². The third-order valence-electron chi connectivity index (χ3n) is 3.42. The molecule has 0 radical (unpaired) electrons. The van der Waals surface area contributed by atoms with Gasteiger partial charge in [0.2, 0.25) is 0 Å². The molecule has 2 rings (SSSR count). The first kappa shape index (κ1) is 18.8. The van der Waals surface area contributed by atoms with E-state index in [0.29, 0.717) is 18.3 Å². The first-order valence-corrected chi connectivity index (χ1v) is 8.59. The number of anilines is 1. The van der Waals surface area contributed by atoms with Gasteiger partial charge in [-0.1, -0.05) is 36.9 Å². The number of para-hydroxylation sites is 1. The van der Waals surface area contributed by atoms with Crippen LogP contribution < -0.4 is 20.1 Å². The summed E-state index contributed by atoms with van der Waals surface area (Å²) in [6.07, 6.45) is 1.71. The first-order valence-electron chi connectivity index (χ1n) is 8.18. The molecule has 1 atom stereocenters. The van der Waals surface area contributed by atoms with E-state index in [0.717, 1.165) is 22.7 Å². The highest BCUT2D eigenvalue weighted by Crippen LogP contribution is 2.18. The lowest BCUT2D eigenvalue weighted by Gasteiger charge is -2.18. The lowest BCUT2D eigenvalue weighted by molar-refractivity contribution is 0.285. The van der Waals surface area contributed by atoms with Crippen LogP contribution in [0.1, 0.15) is 12.5 Å². The maximum absolute atomic E-state index is 5.83. The summed E-state index contributed by atoms with van der Waals surface area (Å²) >= 11 is 5.36. The number of benzene rings is 2. The Hall–Kier alpha value is -2.53. The molecule has 0 fully saturated rings. The fourth-order valence-corrected chi connectivity index (χ4v) is 2.50. The second kappa shape index (κ2) is 9.69. The van der Waals surface area contributed by atoms with Crippen molar-refractivity contribution in [2.75, 3.05) is 18.5 Å². The van der Waals surface area contributed by atoms with Crippen LogP contribution in [0.25, 0.3) is 0 Å². The fourth-order valence-electron chi connectivity index (χ4n) is 2.18. The molecule has 0 unspecified atom stereocenters. The molecule has 0 aliphatic carbocycles. The summed E-state index contributed by atoms with van der Waals surface area (Å²) in [5.74, 6) is 1.66. The van der Waals surface area contributed by atoms with Crippen molar-refractivity contribution in [3.8, 4) is 11.5 Å². The number of aryl methyl sites for hydroxylation is 1. The monoisotopic (exact) mass is 356 g/mol. The van der Waals surface area contributed by atoms with Crippen molar-refractivity contribution < 1.29 is 9.47 Å². The Bertz CT molecular complexity index is 718. The largest absolute Gasteiger partial charge is 0.491 e. The van der Waals surface area contributed by atoms with Gasteiger partial charge in [-0.2, -0.15) is 0 Å². The SMILES string of the molecule is C=CCOc1cccc(NC(=S)N[C@@H](C)COc2ccccc2C)c1. The van der Waals surface area contributed by atoms with Crippen LogP contribution >= 0.6 is 12.2 Å². The molecular formula is C20H24N2O2S. The Morgan fingerprint density at radius 1 is 1.20 bits per heavy atom. The topological polar surface area (TPSA) is 42.5 Å². The van der Waals surface area contributed by atoms with E-state index in [1.807, 2.05) is 62.4 Å². The van der Waals surface area contributed by atoms with Crippen molar-refractivity contribution in [2.24, 2.45) is 0 Å². The van der Waals surface area contributed by atoms with E-state index in [9.17, 15) is 0 Å². The molecular weight excluding hydrogens is 332 g/mol. The average molecular weight is 356 g/mol. The summed E-state index contributed by atoms with van der Waals surface area (Å²) in [7, 11) is 0. The predicted molar refractivity (Wildman–Crippen MR) is 108 cm³/mol. The number of hydrogen-bond donors (Lipinski definition) is 2. The minimum atomic E-state index is 0.0693. The molecule has 4 nitrogen and oxygen atoms in total. The van der Waals surface area contributed by atoms with Crippen molar-refractivity contribution in [2.45, 2.75) is 19.9 Å². The number of ether oxygens (including phenoxy) is 2. The van der Waals surface area contributed by atoms with Crippen LogP contribution in [0.15, 0.2) is 61.2 Å². The van der Waals surface area contributed by atoms with Gasteiger partial charge in [-0.25, -0.2) is 0 Å². The minimum Gasteiger partial charge on any atom is -0.491 e. The molecule has 0 heterocycles. The first-order chi connectivity index (χ1) is 12.1. The predicted octanol–water partition coefficient (Wildman–Crippen LogP) is 4.31. The summed E-state index contributed by atoms with van der Waals surface area (Å²) in [6, 6.07) is 15.7. The van der Waals surface area contributed by atoms with E-state index in [2.05, 4.69) is 17.2 Å². The highest BCUT2D eigenvalue weighted by Gasteiger charge is 2.07. The van der Waals surface area contributed by atoms with Crippen molar-refractivity contribution in [3.05, 3.63) is 66.7 Å². The maximum Gasteiger partial charge on any atom is 0.171 e. The Balaban J connectivity index is 1.81. The van der Waals surface area contributed by atoms with Gasteiger partial charge in [0.25, 0.3) is 0 Å². The molecule has 2 aromatic rings. The Kier molecular flexibility index (Phi) is 7.29. The molecule has 0 spiro atoms. The van der Waals surface area contributed by atoms with E-state index >= 15 is 0 Å². The second-order valence-corrected chi connectivity index (χ2v) is 6.11. The Morgan fingerprint density at radius 2 is 2.00 bits per heavy atom. The van der Waals surface area contributed by atoms with Crippen molar-refractivity contribution >= 4 is 23.0 Å². The molecule has 2 aromatic carbocycles. The average Bonchev–Trinajstić information content (AvgIpc) is 2.59. The molecule has 0 bridgehead atoms. The van der Waals surface area contributed by atoms with Crippen LogP contribution in [-0.4, -0.2) is 24.4 Å². The van der Waals surface area contributed by atoms with E-state index in [4.69, 9.17) is 21.7 Å². The molecule has 0 saturated heterocycles. The van der Waals surface area contributed by atoms with Crippen molar-refractivity contribution in [1.82, 2.24) is 5.32 Å². The van der Waals surface area contributed by atoms with Crippen LogP contribution in [0.4, 0.5) is 5.69 Å². The van der Waals surface area contributed by atoms with E-state index in [-0.39, 0.29) is 6.04 Å². The van der Waals surface area contributed by atoms with Gasteiger partial charge in [-0.05, 0) is 49.8 Å². The van der Waals surface area contributed by atoms with Crippen LogP contribution in [0.3, 0.4) is 0 Å². The molecule has 0 saturated carbocycles. The summed E-state index contributed by atoms with van der Waals surface area (Å²) < 4.78 is 11.3. The van der Waals surface area contributed by atoms with Crippen LogP contribution in [0.2, 0.25) is 0 Å². The van der Waals surface area contributed by atoms with E-state index in [1.54, 1.807) is 6.08 Å². The molecule has 132 valence electrons. The third-order valence-corrected chi connectivity index (χ3v) is 3.64. The van der Waals surface area contributed by atoms with Gasteiger partial charge < -0.3 is 20.1 Å². The van der Waals surface area contributed by atoms with Crippen LogP contribution in [0, 0.1) is 6.92 Å². The van der Waals surface area contributed by atoms with Crippen LogP contribution in [0.5, 0.6) is 11.5 Å². The van der Waals surface area contributed by atoms with Crippen molar-refractivity contribution in [1.29, 1.82) is 0 Å². The van der Waals surface area contributed by atoms with Gasteiger partial charge in [0.15, 0.2) is 5.11 Å². The Labute approximate surface area is 154 Å². The number of rotatable bonds is 8. The molecule has 0 aromatic heterocycles. The zero-order valence-electron chi connectivity index (χ0n) is 14.6. The Morgan fingerprint density at radius 3 is 2.76 bits per heavy atom. The lowest BCUT2D eigenvalue weighted by Crippen LogP contribution is -2.39. The van der Waals surface area contributed by atoms with Gasteiger partial charge in [-0.15, -0.1) is 0 Å². The zero-order chi connectivity index (χ0) is 18.1. The molecule has 0 aliphatic heterocycles. The molecule has 0 aliphatic rings. The quantitative estimate of drug-likeness (QED) is 0.545. The summed E-state index contributed by atoms with van der Waals surface area (Å²) in [5, 5.41) is 6.92. The highest BCUT2D eigenvalue weighted by molar-refractivity contribution is 7.80. The zero-order valence-corrected chi connectivity index (χ0v) is 15.4. The molecule has 2 N–H and O–H groups in total. The number of thiocarbonyl (C=S) groups is 1. The minimum absolute atomic E-state index is 0.0693. The fraction of sp³-hybridized carbons (Fsp3) is 0.250. The smallest absolute Gasteiger partial charge is 0.171 e. The lowest BCUT2D eigenvalue weighted by atomic mass is 10.2. The summed E-state index contributed by atoms with van der Waals surface area (Å²) in [4.78, 5) is 0. The van der Waals surface area contributed by atoms with Gasteiger partial charge in [-0.3, -0.25) is 0 Å². The standard InChI is InChI=1S/C20H24N2O2S/c1-4-12-23-18-10-7-9-17(13-18)22-20(25)21-16(3)14-24-19-11-6-5-8-15(19)2/h4-11,13,16H,1,12,14H2,2-3H3,(H2,21,22,25)/t16-/m0/s1. The maximum atomic E-state index is 5.83. The third kappa shape index (κ3) is 6.47. The van der Waals surface area contributed by atoms with Crippen LogP contribution in [-0.2, 0) is 0 Å². The van der Waals surface area contributed by atoms with Gasteiger partial charge >= 0.3 is 0 Å². The molecule has 25 heavy (non-hydrogen) atoms.